The molecule has 2 N–H and O–H groups in total. The molecule has 2 aromatic carbocycles. The number of nitrogens with one attached hydrogen (secondary N) is 1. The van der Waals surface area contributed by atoms with Crippen molar-refractivity contribution in [3.8, 4) is 23.1 Å². The van der Waals surface area contributed by atoms with E-state index in [-0.39, 0.29) is 12.2 Å². The Morgan fingerprint density at radius 2 is 1.97 bits per heavy atom. The number of amides is 1. The zero-order valence-electron chi connectivity index (χ0n) is 22.2. The predicted molar refractivity (Wildman–Crippen MR) is 147 cm³/mol. The molecule has 1 amide bonds. The molecular weight excluding hydrogens is 480 g/mol. The summed E-state index contributed by atoms with van der Waals surface area (Å²) in [5, 5.41) is 23.6. The van der Waals surface area contributed by atoms with Crippen LogP contribution in [0.15, 0.2) is 42.5 Å². The van der Waals surface area contributed by atoms with Crippen molar-refractivity contribution in [1.82, 2.24) is 9.47 Å². The lowest BCUT2D eigenvalue weighted by Gasteiger charge is -2.30. The second kappa shape index (κ2) is 11.5. The van der Waals surface area contributed by atoms with Gasteiger partial charge in [0, 0.05) is 42.8 Å². The molecule has 2 fully saturated rings. The maximum absolute atomic E-state index is 12.0. The Balaban J connectivity index is 1.38. The lowest BCUT2D eigenvalue weighted by Crippen LogP contribution is -2.24. The molecule has 5 rings (SSSR count). The highest BCUT2D eigenvalue weighted by Crippen LogP contribution is 2.43. The summed E-state index contributed by atoms with van der Waals surface area (Å²) in [4.78, 5) is 14.3. The van der Waals surface area contributed by atoms with E-state index in [0.717, 1.165) is 73.2 Å². The van der Waals surface area contributed by atoms with Gasteiger partial charge in [-0.1, -0.05) is 12.1 Å². The van der Waals surface area contributed by atoms with Gasteiger partial charge in [-0.15, -0.1) is 0 Å². The van der Waals surface area contributed by atoms with Crippen molar-refractivity contribution in [2.45, 2.75) is 64.2 Å². The van der Waals surface area contributed by atoms with Crippen molar-refractivity contribution in [1.29, 1.82) is 5.26 Å². The van der Waals surface area contributed by atoms with Crippen LogP contribution in [0.1, 0.15) is 57.6 Å². The fraction of sp³-hybridized carbons (Fsp3) is 0.467. The van der Waals surface area contributed by atoms with E-state index in [2.05, 4.69) is 26.9 Å². The van der Waals surface area contributed by atoms with Crippen molar-refractivity contribution in [3.63, 3.8) is 0 Å². The maximum Gasteiger partial charge on any atom is 0.411 e. The van der Waals surface area contributed by atoms with Gasteiger partial charge in [-0.3, -0.25) is 5.32 Å². The van der Waals surface area contributed by atoms with E-state index in [1.54, 1.807) is 0 Å². The maximum atomic E-state index is 12.0. The molecule has 1 unspecified atom stereocenters. The van der Waals surface area contributed by atoms with Crippen LogP contribution in [-0.2, 0) is 4.74 Å². The quantitative estimate of drug-likeness (QED) is 0.354. The smallest absolute Gasteiger partial charge is 0.411 e. The third-order valence-electron chi connectivity index (χ3n) is 7.41. The van der Waals surface area contributed by atoms with Crippen molar-refractivity contribution in [2.75, 3.05) is 31.6 Å². The molecule has 1 saturated carbocycles. The number of carbonyl (C=O) groups excluding carboxylic acids is 1. The van der Waals surface area contributed by atoms with Crippen LogP contribution in [-0.4, -0.2) is 59.1 Å². The van der Waals surface area contributed by atoms with Crippen LogP contribution in [0.3, 0.4) is 0 Å². The average molecular weight is 517 g/mol. The molecule has 1 aliphatic carbocycles. The third-order valence-corrected chi connectivity index (χ3v) is 7.41. The first-order valence-electron chi connectivity index (χ1n) is 13.6. The molecule has 3 aromatic rings. The van der Waals surface area contributed by atoms with Crippen LogP contribution in [0.25, 0.3) is 22.2 Å². The molecule has 1 aromatic heterocycles. The van der Waals surface area contributed by atoms with Crippen molar-refractivity contribution < 1.29 is 19.4 Å². The van der Waals surface area contributed by atoms with Crippen LogP contribution in [0.4, 0.5) is 10.5 Å². The van der Waals surface area contributed by atoms with Crippen LogP contribution >= 0.6 is 0 Å². The van der Waals surface area contributed by atoms with Gasteiger partial charge in [0.05, 0.1) is 35.6 Å². The molecule has 38 heavy (non-hydrogen) atoms. The van der Waals surface area contributed by atoms with Crippen LogP contribution in [0.2, 0.25) is 0 Å². The first-order chi connectivity index (χ1) is 18.4. The van der Waals surface area contributed by atoms with Crippen LogP contribution < -0.4 is 10.1 Å². The Labute approximate surface area is 223 Å². The largest absolute Gasteiger partial charge is 0.493 e. The second-order valence-corrected chi connectivity index (χ2v) is 10.6. The van der Waals surface area contributed by atoms with Gasteiger partial charge in [0.25, 0.3) is 0 Å². The number of benzene rings is 2. The highest BCUT2D eigenvalue weighted by molar-refractivity contribution is 5.96. The normalized spacial score (nSPS) is 17.9. The first-order valence-corrected chi connectivity index (χ1v) is 13.6. The number of nitrogens with zero attached hydrogens (tertiary/aromatic N) is 3. The number of anilines is 1. The topological polar surface area (TPSA) is 99.8 Å². The van der Waals surface area contributed by atoms with Gasteiger partial charge < -0.3 is 24.0 Å². The summed E-state index contributed by atoms with van der Waals surface area (Å²) in [6.45, 7) is 6.83. The number of β-amino-alcohol motifs (C(OH)–C–C–N with tert-alkyl or cyclic N) is 1. The standard InChI is InChI=1S/C30H36N4O4/c1-20(2)38-30(36)32-22-9-7-21(8-10-22)29-27(18-31)26-12-11-25(17-28(26)34(29)23-5-3-6-23)37-16-4-14-33-15-13-24(35)19-33/h7-12,17,20,23-24,35H,3-6,13-16,19H2,1-2H3,(H,32,36). The molecule has 8 nitrogen and oxygen atoms in total. The van der Waals surface area contributed by atoms with Gasteiger partial charge in [-0.2, -0.15) is 5.26 Å². The Bertz CT molecular complexity index is 1320. The molecule has 1 atom stereocenters. The van der Waals surface area contributed by atoms with Gasteiger partial charge in [0.2, 0.25) is 0 Å². The van der Waals surface area contributed by atoms with E-state index in [1.807, 2.05) is 50.2 Å². The minimum atomic E-state index is -0.486. The zero-order chi connectivity index (χ0) is 26.6. The van der Waals surface area contributed by atoms with E-state index in [4.69, 9.17) is 9.47 Å². The fourth-order valence-electron chi connectivity index (χ4n) is 5.37. The highest BCUT2D eigenvalue weighted by atomic mass is 16.6. The fourth-order valence-corrected chi connectivity index (χ4v) is 5.37. The zero-order valence-corrected chi connectivity index (χ0v) is 22.2. The Hall–Kier alpha value is -3.54. The number of hydrogen-bond donors (Lipinski definition) is 2. The van der Waals surface area contributed by atoms with Gasteiger partial charge in [0.1, 0.15) is 11.8 Å². The number of rotatable bonds is 9. The second-order valence-electron chi connectivity index (χ2n) is 10.6. The molecule has 2 heterocycles. The van der Waals surface area contributed by atoms with Gasteiger partial charge in [0.15, 0.2) is 0 Å². The summed E-state index contributed by atoms with van der Waals surface area (Å²) < 4.78 is 13.6. The number of carbonyl (C=O) groups is 1. The number of fused-ring (bicyclic) bond motifs is 1. The summed E-state index contributed by atoms with van der Waals surface area (Å²) >= 11 is 0. The SMILES string of the molecule is CC(C)OC(=O)Nc1ccc(-c2c(C#N)c3ccc(OCCCN4CCC(O)C4)cc3n2C2CCC2)cc1. The molecule has 200 valence electrons. The Morgan fingerprint density at radius 1 is 1.18 bits per heavy atom. The van der Waals surface area contributed by atoms with E-state index < -0.39 is 6.09 Å². The van der Waals surface area contributed by atoms with E-state index in [1.165, 1.54) is 6.42 Å². The lowest BCUT2D eigenvalue weighted by atomic mass is 9.92. The summed E-state index contributed by atoms with van der Waals surface area (Å²) in [5.74, 6) is 0.802. The monoisotopic (exact) mass is 516 g/mol. The van der Waals surface area contributed by atoms with Crippen molar-refractivity contribution in [3.05, 3.63) is 48.0 Å². The Kier molecular flexibility index (Phi) is 7.87. The molecule has 1 aliphatic heterocycles. The third kappa shape index (κ3) is 5.64. The summed E-state index contributed by atoms with van der Waals surface area (Å²) in [5.41, 5.74) is 4.16. The first kappa shape index (κ1) is 26.1. The van der Waals surface area contributed by atoms with Crippen molar-refractivity contribution in [2.24, 2.45) is 0 Å². The average Bonchev–Trinajstić information content (AvgIpc) is 3.41. The summed E-state index contributed by atoms with van der Waals surface area (Å²) in [7, 11) is 0. The highest BCUT2D eigenvalue weighted by Gasteiger charge is 2.28. The minimum Gasteiger partial charge on any atom is -0.493 e. The van der Waals surface area contributed by atoms with Gasteiger partial charge in [-0.25, -0.2) is 4.79 Å². The molecular formula is C30H36N4O4. The number of ether oxygens (including phenoxy) is 2. The number of nitriles is 1. The van der Waals surface area contributed by atoms with E-state index >= 15 is 0 Å². The molecule has 8 heteroatoms. The molecule has 0 radical (unpaired) electrons. The molecule has 1 saturated heterocycles. The minimum absolute atomic E-state index is 0.196. The van der Waals surface area contributed by atoms with Crippen LogP contribution in [0, 0.1) is 11.3 Å². The summed E-state index contributed by atoms with van der Waals surface area (Å²) in [6.07, 6.45) is 4.20. The Morgan fingerprint density at radius 3 is 2.61 bits per heavy atom. The molecule has 0 bridgehead atoms. The van der Waals surface area contributed by atoms with Crippen LogP contribution in [0.5, 0.6) is 5.75 Å². The predicted octanol–water partition coefficient (Wildman–Crippen LogP) is 5.70. The van der Waals surface area contributed by atoms with E-state index in [9.17, 15) is 15.2 Å². The lowest BCUT2D eigenvalue weighted by molar-refractivity contribution is 0.130. The number of likely N-dealkylation sites (tertiary alicyclic amines) is 1. The summed E-state index contributed by atoms with van der Waals surface area (Å²) in [6, 6.07) is 16.4. The van der Waals surface area contributed by atoms with Gasteiger partial charge in [-0.05, 0) is 75.8 Å². The van der Waals surface area contributed by atoms with Crippen molar-refractivity contribution >= 4 is 22.7 Å². The number of aliphatic hydroxyl groups excluding tert-OH is 1. The number of aromatic nitrogens is 1. The number of aliphatic hydroxyl groups is 1. The van der Waals surface area contributed by atoms with E-state index in [0.29, 0.717) is 23.9 Å². The molecule has 0 spiro atoms. The molecule has 2 aliphatic rings. The number of hydrogen-bond acceptors (Lipinski definition) is 6. The van der Waals surface area contributed by atoms with Gasteiger partial charge >= 0.3 is 6.09 Å².